The lowest BCUT2D eigenvalue weighted by atomic mass is 10.2. The van der Waals surface area contributed by atoms with Crippen LogP contribution in [-0.2, 0) is 17.5 Å². The van der Waals surface area contributed by atoms with Crippen molar-refractivity contribution < 1.29 is 8.76 Å². The number of aryl methyl sites for hydroxylation is 1. The van der Waals surface area contributed by atoms with Gasteiger partial charge in [-0.15, -0.1) is 0 Å². The van der Waals surface area contributed by atoms with Crippen LogP contribution in [0.5, 0.6) is 0 Å². The smallest absolute Gasteiger partial charge is 0.0929 e. The van der Waals surface area contributed by atoms with Crippen molar-refractivity contribution >= 4 is 22.0 Å². The van der Waals surface area contributed by atoms with E-state index < -0.39 is 11.1 Å². The van der Waals surface area contributed by atoms with E-state index in [-0.39, 0.29) is 5.75 Å². The van der Waals surface area contributed by atoms with Crippen LogP contribution in [-0.4, -0.2) is 24.7 Å². The molecule has 1 aromatic carbocycles. The molecule has 0 bridgehead atoms. The van der Waals surface area contributed by atoms with E-state index in [2.05, 4.69) is 10.2 Å². The Labute approximate surface area is 89.6 Å². The van der Waals surface area contributed by atoms with Gasteiger partial charge in [-0.2, -0.15) is 10.2 Å². The molecule has 0 aliphatic rings. The van der Waals surface area contributed by atoms with Crippen LogP contribution in [0.25, 0.3) is 10.9 Å². The molecule has 0 spiro atoms. The third-order valence-electron chi connectivity index (χ3n) is 2.07. The van der Waals surface area contributed by atoms with Gasteiger partial charge < -0.3 is 4.55 Å². The Morgan fingerprint density at radius 2 is 2.07 bits per heavy atom. The van der Waals surface area contributed by atoms with Crippen LogP contribution in [0, 0.1) is 0 Å². The van der Waals surface area contributed by atoms with Crippen LogP contribution in [0.1, 0.15) is 5.69 Å². The Kier molecular flexibility index (Phi) is 3.03. The first kappa shape index (κ1) is 10.2. The molecule has 0 fully saturated rings. The number of hydrogen-bond acceptors (Lipinski definition) is 4. The van der Waals surface area contributed by atoms with Crippen molar-refractivity contribution in [3.8, 4) is 0 Å². The first-order valence-electron chi connectivity index (χ1n) is 4.53. The van der Waals surface area contributed by atoms with Gasteiger partial charge in [0, 0.05) is 17.6 Å². The predicted octanol–water partition coefficient (Wildman–Crippen LogP) is 1.05. The largest absolute Gasteiger partial charge is 0.772 e. The van der Waals surface area contributed by atoms with Crippen LogP contribution >= 0.6 is 0 Å². The summed E-state index contributed by atoms with van der Waals surface area (Å²) < 4.78 is 20.8. The van der Waals surface area contributed by atoms with Crippen molar-refractivity contribution in [3.63, 3.8) is 0 Å². The SMILES string of the molecule is O=S([O-])CCc1cc2ccccc2nn1. The molecule has 2 aromatic rings. The quantitative estimate of drug-likeness (QED) is 0.727. The van der Waals surface area contributed by atoms with Crippen LogP contribution in [0.15, 0.2) is 30.3 Å². The molecule has 4 nitrogen and oxygen atoms in total. The first-order chi connectivity index (χ1) is 7.25. The number of benzene rings is 1. The van der Waals surface area contributed by atoms with Gasteiger partial charge in [-0.25, -0.2) is 0 Å². The van der Waals surface area contributed by atoms with E-state index in [0.717, 1.165) is 10.9 Å². The third kappa shape index (κ3) is 2.57. The average Bonchev–Trinajstić information content (AvgIpc) is 2.26. The van der Waals surface area contributed by atoms with Crippen molar-refractivity contribution in [1.29, 1.82) is 0 Å². The highest BCUT2D eigenvalue weighted by molar-refractivity contribution is 7.79. The molecule has 5 heteroatoms. The van der Waals surface area contributed by atoms with Gasteiger partial charge in [0.05, 0.1) is 11.2 Å². The summed E-state index contributed by atoms with van der Waals surface area (Å²) in [5.74, 6) is 0.0903. The fraction of sp³-hybridized carbons (Fsp3) is 0.200. The summed E-state index contributed by atoms with van der Waals surface area (Å²) >= 11 is -2.02. The van der Waals surface area contributed by atoms with Crippen LogP contribution in [0.4, 0.5) is 0 Å². The maximum absolute atomic E-state index is 10.4. The lowest BCUT2D eigenvalue weighted by molar-refractivity contribution is 0.536. The molecule has 0 radical (unpaired) electrons. The summed E-state index contributed by atoms with van der Waals surface area (Å²) in [7, 11) is 0. The fourth-order valence-electron chi connectivity index (χ4n) is 1.34. The maximum atomic E-state index is 10.4. The molecular formula is C10H9N2O2S-. The summed E-state index contributed by atoms with van der Waals surface area (Å²) in [5.41, 5.74) is 1.53. The van der Waals surface area contributed by atoms with Crippen LogP contribution in [0.2, 0.25) is 0 Å². The second kappa shape index (κ2) is 4.46. The highest BCUT2D eigenvalue weighted by atomic mass is 32.2. The van der Waals surface area contributed by atoms with E-state index in [9.17, 15) is 8.76 Å². The lowest BCUT2D eigenvalue weighted by Gasteiger charge is -2.04. The Morgan fingerprint density at radius 3 is 2.87 bits per heavy atom. The summed E-state index contributed by atoms with van der Waals surface area (Å²) in [6.07, 6.45) is 0.411. The zero-order valence-electron chi connectivity index (χ0n) is 7.92. The van der Waals surface area contributed by atoms with Gasteiger partial charge in [0.1, 0.15) is 0 Å². The number of hydrogen-bond donors (Lipinski definition) is 0. The number of rotatable bonds is 3. The first-order valence-corrected chi connectivity index (χ1v) is 5.77. The Morgan fingerprint density at radius 1 is 1.27 bits per heavy atom. The molecule has 1 heterocycles. The van der Waals surface area contributed by atoms with Crippen molar-refractivity contribution in [2.24, 2.45) is 0 Å². The Hall–Kier alpha value is -1.33. The molecule has 1 aromatic heterocycles. The lowest BCUT2D eigenvalue weighted by Crippen LogP contribution is -2.02. The molecule has 0 amide bonds. The Balaban J connectivity index is 2.26. The van der Waals surface area contributed by atoms with E-state index in [1.165, 1.54) is 0 Å². The molecule has 1 atom stereocenters. The predicted molar refractivity (Wildman–Crippen MR) is 57.0 cm³/mol. The monoisotopic (exact) mass is 221 g/mol. The summed E-state index contributed by atoms with van der Waals surface area (Å²) in [5, 5.41) is 8.95. The molecule has 0 saturated carbocycles. The van der Waals surface area contributed by atoms with Gasteiger partial charge >= 0.3 is 0 Å². The van der Waals surface area contributed by atoms with Gasteiger partial charge in [0.25, 0.3) is 0 Å². The van der Waals surface area contributed by atoms with Gasteiger partial charge in [-0.1, -0.05) is 29.3 Å². The molecule has 15 heavy (non-hydrogen) atoms. The Bertz CT molecular complexity index is 502. The highest BCUT2D eigenvalue weighted by Crippen LogP contribution is 2.10. The van der Waals surface area contributed by atoms with Crippen LogP contribution in [0.3, 0.4) is 0 Å². The van der Waals surface area contributed by atoms with Gasteiger partial charge in [0.15, 0.2) is 0 Å². The minimum absolute atomic E-state index is 0.0903. The third-order valence-corrected chi connectivity index (χ3v) is 2.61. The molecular weight excluding hydrogens is 212 g/mol. The fourth-order valence-corrected chi connectivity index (χ4v) is 1.71. The van der Waals surface area contributed by atoms with Gasteiger partial charge in [0.2, 0.25) is 0 Å². The maximum Gasteiger partial charge on any atom is 0.0929 e. The van der Waals surface area contributed by atoms with Crippen molar-refractivity contribution in [1.82, 2.24) is 10.2 Å². The number of aromatic nitrogens is 2. The number of nitrogens with zero attached hydrogens (tertiary/aromatic N) is 2. The topological polar surface area (TPSA) is 65.9 Å². The number of fused-ring (bicyclic) bond motifs is 1. The summed E-state index contributed by atoms with van der Waals surface area (Å²) in [6, 6.07) is 9.48. The van der Waals surface area contributed by atoms with E-state index in [4.69, 9.17) is 0 Å². The van der Waals surface area contributed by atoms with Crippen LogP contribution < -0.4 is 0 Å². The highest BCUT2D eigenvalue weighted by Gasteiger charge is 1.98. The van der Waals surface area contributed by atoms with Gasteiger partial charge in [-0.3, -0.25) is 4.21 Å². The normalized spacial score (nSPS) is 12.9. The van der Waals surface area contributed by atoms with Gasteiger partial charge in [-0.05, 0) is 12.1 Å². The second-order valence-electron chi connectivity index (χ2n) is 3.15. The molecule has 0 saturated heterocycles. The second-order valence-corrected chi connectivity index (χ2v) is 4.17. The van der Waals surface area contributed by atoms with Crippen molar-refractivity contribution in [2.45, 2.75) is 6.42 Å². The molecule has 0 N–H and O–H groups in total. The average molecular weight is 221 g/mol. The molecule has 2 rings (SSSR count). The zero-order valence-corrected chi connectivity index (χ0v) is 8.74. The van der Waals surface area contributed by atoms with E-state index >= 15 is 0 Å². The summed E-state index contributed by atoms with van der Waals surface area (Å²) in [4.78, 5) is 0. The van der Waals surface area contributed by atoms with E-state index in [1.54, 1.807) is 0 Å². The standard InChI is InChI=1S/C10H10N2O2S/c13-15(14)6-5-9-7-8-3-1-2-4-10(8)12-11-9/h1-4,7H,5-6H2,(H,13,14)/p-1. The minimum Gasteiger partial charge on any atom is -0.772 e. The van der Waals surface area contributed by atoms with E-state index in [1.807, 2.05) is 30.3 Å². The molecule has 0 aliphatic heterocycles. The molecule has 0 aliphatic carbocycles. The molecule has 78 valence electrons. The summed E-state index contributed by atoms with van der Waals surface area (Å²) in [6.45, 7) is 0. The minimum atomic E-state index is -2.02. The van der Waals surface area contributed by atoms with Crippen molar-refractivity contribution in [3.05, 3.63) is 36.0 Å². The van der Waals surface area contributed by atoms with Crippen molar-refractivity contribution in [2.75, 3.05) is 5.75 Å². The zero-order chi connectivity index (χ0) is 10.7. The van der Waals surface area contributed by atoms with E-state index in [0.29, 0.717) is 12.1 Å². The molecule has 1 unspecified atom stereocenters.